The Balaban J connectivity index is 1.50. The summed E-state index contributed by atoms with van der Waals surface area (Å²) in [7, 11) is 0. The summed E-state index contributed by atoms with van der Waals surface area (Å²) in [5.74, 6) is 0.369. The van der Waals surface area contributed by atoms with E-state index in [0.717, 1.165) is 11.1 Å². The fourth-order valence-corrected chi connectivity index (χ4v) is 3.22. The van der Waals surface area contributed by atoms with Crippen molar-refractivity contribution in [1.29, 1.82) is 0 Å². The Kier molecular flexibility index (Phi) is 4.35. The number of carbonyl (C=O) groups is 2. The van der Waals surface area contributed by atoms with Crippen molar-refractivity contribution in [3.8, 4) is 5.82 Å². The SMILES string of the molecule is Cc1cc(-n2c(C)cc(C(=O)COC(=O)c3cc4ccccc4o3)c2C)no1. The van der Waals surface area contributed by atoms with Crippen molar-refractivity contribution < 1.29 is 23.3 Å². The average molecular weight is 378 g/mol. The van der Waals surface area contributed by atoms with E-state index in [1.54, 1.807) is 31.2 Å². The van der Waals surface area contributed by atoms with Crippen LogP contribution >= 0.6 is 0 Å². The number of rotatable bonds is 5. The van der Waals surface area contributed by atoms with E-state index in [1.807, 2.05) is 36.6 Å². The molecule has 0 fully saturated rings. The molecular formula is C21H18N2O5. The van der Waals surface area contributed by atoms with Gasteiger partial charge in [0.2, 0.25) is 11.5 Å². The fourth-order valence-electron chi connectivity index (χ4n) is 3.22. The van der Waals surface area contributed by atoms with Crippen molar-refractivity contribution in [2.75, 3.05) is 6.61 Å². The first kappa shape index (κ1) is 17.8. The third-order valence-corrected chi connectivity index (χ3v) is 4.54. The lowest BCUT2D eigenvalue weighted by atomic mass is 10.1. The second-order valence-electron chi connectivity index (χ2n) is 6.56. The molecule has 0 aliphatic carbocycles. The van der Waals surface area contributed by atoms with E-state index in [9.17, 15) is 9.59 Å². The van der Waals surface area contributed by atoms with Gasteiger partial charge in [0.15, 0.2) is 12.4 Å². The first-order valence-corrected chi connectivity index (χ1v) is 8.75. The standard InChI is InChI=1S/C21H18N2O5/c1-12-8-16(14(3)23(12)20-9-13(2)28-22-20)17(24)11-26-21(25)19-10-15-6-4-5-7-18(15)27-19/h4-10H,11H2,1-3H3. The number of carbonyl (C=O) groups excluding carboxylic acids is 2. The summed E-state index contributed by atoms with van der Waals surface area (Å²) in [5, 5.41) is 4.79. The predicted octanol–water partition coefficient (Wildman–Crippen LogP) is 4.18. The molecule has 0 amide bonds. The normalized spacial score (nSPS) is 11.1. The molecule has 28 heavy (non-hydrogen) atoms. The largest absolute Gasteiger partial charge is 0.451 e. The number of ether oxygens (including phenoxy) is 1. The molecule has 0 bridgehead atoms. The molecule has 1 aromatic carbocycles. The zero-order chi connectivity index (χ0) is 19.8. The monoisotopic (exact) mass is 378 g/mol. The molecule has 7 nitrogen and oxygen atoms in total. The minimum Gasteiger partial charge on any atom is -0.451 e. The summed E-state index contributed by atoms with van der Waals surface area (Å²) in [4.78, 5) is 24.8. The number of hydrogen-bond acceptors (Lipinski definition) is 6. The molecule has 0 saturated heterocycles. The topological polar surface area (TPSA) is 87.5 Å². The third kappa shape index (κ3) is 3.11. The van der Waals surface area contributed by atoms with Gasteiger partial charge < -0.3 is 13.7 Å². The van der Waals surface area contributed by atoms with Gasteiger partial charge in [-0.15, -0.1) is 0 Å². The van der Waals surface area contributed by atoms with Crippen molar-refractivity contribution in [1.82, 2.24) is 9.72 Å². The van der Waals surface area contributed by atoms with Crippen LogP contribution in [0.25, 0.3) is 16.8 Å². The number of para-hydroxylation sites is 1. The molecule has 0 unspecified atom stereocenters. The zero-order valence-electron chi connectivity index (χ0n) is 15.7. The van der Waals surface area contributed by atoms with Crippen LogP contribution in [0.3, 0.4) is 0 Å². The number of hydrogen-bond donors (Lipinski definition) is 0. The molecule has 3 heterocycles. The maximum atomic E-state index is 12.6. The zero-order valence-corrected chi connectivity index (χ0v) is 15.7. The van der Waals surface area contributed by atoms with E-state index >= 15 is 0 Å². The van der Waals surface area contributed by atoms with Gasteiger partial charge in [-0.1, -0.05) is 23.4 Å². The smallest absolute Gasteiger partial charge is 0.374 e. The summed E-state index contributed by atoms with van der Waals surface area (Å²) < 4.78 is 17.6. The van der Waals surface area contributed by atoms with E-state index < -0.39 is 5.97 Å². The highest BCUT2D eigenvalue weighted by Gasteiger charge is 2.21. The molecule has 0 radical (unpaired) electrons. The Morgan fingerprint density at radius 3 is 2.61 bits per heavy atom. The second kappa shape index (κ2) is 6.84. The molecule has 0 atom stereocenters. The molecule has 0 spiro atoms. The van der Waals surface area contributed by atoms with Gasteiger partial charge in [-0.25, -0.2) is 4.79 Å². The van der Waals surface area contributed by atoms with E-state index in [2.05, 4.69) is 5.16 Å². The number of aromatic nitrogens is 2. The summed E-state index contributed by atoms with van der Waals surface area (Å²) in [6, 6.07) is 12.4. The van der Waals surface area contributed by atoms with Crippen LogP contribution in [0.2, 0.25) is 0 Å². The molecule has 0 saturated carbocycles. The van der Waals surface area contributed by atoms with Crippen LogP contribution in [0.5, 0.6) is 0 Å². The Bertz CT molecular complexity index is 1160. The fraction of sp³-hybridized carbons (Fsp3) is 0.190. The summed E-state index contributed by atoms with van der Waals surface area (Å²) >= 11 is 0. The van der Waals surface area contributed by atoms with E-state index in [0.29, 0.717) is 28.4 Å². The van der Waals surface area contributed by atoms with Crippen LogP contribution in [0.1, 0.15) is 38.1 Å². The van der Waals surface area contributed by atoms with Crippen molar-refractivity contribution in [3.63, 3.8) is 0 Å². The number of esters is 1. The highest BCUT2D eigenvalue weighted by atomic mass is 16.5. The van der Waals surface area contributed by atoms with Crippen molar-refractivity contribution in [2.45, 2.75) is 20.8 Å². The maximum Gasteiger partial charge on any atom is 0.374 e. The lowest BCUT2D eigenvalue weighted by Gasteiger charge is -2.05. The van der Waals surface area contributed by atoms with Crippen molar-refractivity contribution in [3.05, 3.63) is 70.9 Å². The molecular weight excluding hydrogens is 360 g/mol. The van der Waals surface area contributed by atoms with Gasteiger partial charge in [0.05, 0.1) is 0 Å². The molecule has 142 valence electrons. The Morgan fingerprint density at radius 2 is 1.89 bits per heavy atom. The predicted molar refractivity (Wildman–Crippen MR) is 101 cm³/mol. The van der Waals surface area contributed by atoms with Crippen LogP contribution in [-0.2, 0) is 4.74 Å². The van der Waals surface area contributed by atoms with Crippen LogP contribution in [0.4, 0.5) is 0 Å². The van der Waals surface area contributed by atoms with Gasteiger partial charge in [-0.3, -0.25) is 9.36 Å². The number of furan rings is 1. The first-order valence-electron chi connectivity index (χ1n) is 8.75. The third-order valence-electron chi connectivity index (χ3n) is 4.54. The lowest BCUT2D eigenvalue weighted by molar-refractivity contribution is 0.0446. The molecule has 0 N–H and O–H groups in total. The average Bonchev–Trinajstić information content (AvgIpc) is 3.36. The molecule has 0 aliphatic rings. The van der Waals surface area contributed by atoms with E-state index in [-0.39, 0.29) is 18.2 Å². The molecule has 4 aromatic rings. The maximum absolute atomic E-state index is 12.6. The summed E-state index contributed by atoms with van der Waals surface area (Å²) in [5.41, 5.74) is 2.59. The van der Waals surface area contributed by atoms with Crippen molar-refractivity contribution in [2.24, 2.45) is 0 Å². The van der Waals surface area contributed by atoms with Gasteiger partial charge in [0.25, 0.3) is 0 Å². The Hall–Kier alpha value is -3.61. The van der Waals surface area contributed by atoms with Crippen LogP contribution in [0, 0.1) is 20.8 Å². The number of nitrogens with zero attached hydrogens (tertiary/aromatic N) is 2. The summed E-state index contributed by atoms with van der Waals surface area (Å²) in [6.07, 6.45) is 0. The highest BCUT2D eigenvalue weighted by Crippen LogP contribution is 2.22. The van der Waals surface area contributed by atoms with Gasteiger partial charge in [0.1, 0.15) is 11.3 Å². The number of aryl methyl sites for hydroxylation is 2. The number of benzene rings is 1. The van der Waals surface area contributed by atoms with Crippen LogP contribution < -0.4 is 0 Å². The van der Waals surface area contributed by atoms with Crippen molar-refractivity contribution >= 4 is 22.7 Å². The minimum atomic E-state index is -0.675. The second-order valence-corrected chi connectivity index (χ2v) is 6.56. The molecule has 3 aromatic heterocycles. The Morgan fingerprint density at radius 1 is 1.11 bits per heavy atom. The molecule has 4 rings (SSSR count). The molecule has 7 heteroatoms. The van der Waals surface area contributed by atoms with E-state index in [4.69, 9.17) is 13.7 Å². The quantitative estimate of drug-likeness (QED) is 0.382. The van der Waals surface area contributed by atoms with Gasteiger partial charge >= 0.3 is 5.97 Å². The minimum absolute atomic E-state index is 0.0672. The Labute approximate surface area is 160 Å². The van der Waals surface area contributed by atoms with Crippen LogP contribution in [0.15, 0.2) is 51.4 Å². The first-order chi connectivity index (χ1) is 13.4. The van der Waals surface area contributed by atoms with Gasteiger partial charge in [0, 0.05) is 28.4 Å². The highest BCUT2D eigenvalue weighted by molar-refractivity contribution is 6.00. The van der Waals surface area contributed by atoms with Gasteiger partial charge in [-0.05, 0) is 39.0 Å². The summed E-state index contributed by atoms with van der Waals surface area (Å²) in [6.45, 7) is 5.10. The number of ketones is 1. The van der Waals surface area contributed by atoms with Gasteiger partial charge in [-0.2, -0.15) is 0 Å². The molecule has 0 aliphatic heterocycles. The van der Waals surface area contributed by atoms with Crippen LogP contribution in [-0.4, -0.2) is 28.1 Å². The lowest BCUT2D eigenvalue weighted by Crippen LogP contribution is -2.14. The van der Waals surface area contributed by atoms with E-state index in [1.165, 1.54) is 0 Å². The number of Topliss-reactive ketones (excluding diaryl/α,β-unsaturated/α-hetero) is 1. The number of fused-ring (bicyclic) bond motifs is 1.